The van der Waals surface area contributed by atoms with Gasteiger partial charge in [-0.15, -0.1) is 0 Å². The minimum atomic E-state index is 0.103. The predicted octanol–water partition coefficient (Wildman–Crippen LogP) is 2.84. The lowest BCUT2D eigenvalue weighted by atomic mass is 9.97. The van der Waals surface area contributed by atoms with Crippen molar-refractivity contribution in [3.05, 3.63) is 22.2 Å². The van der Waals surface area contributed by atoms with Crippen LogP contribution in [-0.2, 0) is 4.79 Å². The van der Waals surface area contributed by atoms with E-state index in [1.54, 1.807) is 7.11 Å². The number of ether oxygens (including phenoxy) is 2. The molecule has 1 unspecified atom stereocenters. The second-order valence-corrected chi connectivity index (χ2v) is 6.21. The van der Waals surface area contributed by atoms with Gasteiger partial charge in [0.1, 0.15) is 12.4 Å². The molecule has 20 heavy (non-hydrogen) atoms. The highest BCUT2D eigenvalue weighted by atomic mass is 79.9. The molecule has 1 atom stereocenters. The average molecular weight is 342 g/mol. The summed E-state index contributed by atoms with van der Waals surface area (Å²) in [5.74, 6) is 1.58. The van der Waals surface area contributed by atoms with Crippen molar-refractivity contribution in [1.29, 1.82) is 0 Å². The van der Waals surface area contributed by atoms with Crippen LogP contribution in [0.2, 0.25) is 0 Å². The first kappa shape index (κ1) is 15.3. The van der Waals surface area contributed by atoms with Gasteiger partial charge >= 0.3 is 0 Å². The third-order valence-electron chi connectivity index (χ3n) is 3.56. The monoisotopic (exact) mass is 341 g/mol. The van der Waals surface area contributed by atoms with Crippen molar-refractivity contribution in [3.63, 3.8) is 0 Å². The van der Waals surface area contributed by atoms with Crippen LogP contribution in [-0.4, -0.2) is 44.5 Å². The average Bonchev–Trinajstić information content (AvgIpc) is 2.38. The largest absolute Gasteiger partial charge is 0.493 e. The lowest BCUT2D eigenvalue weighted by Gasteiger charge is -2.37. The summed E-state index contributed by atoms with van der Waals surface area (Å²) in [4.78, 5) is 13.0. The van der Waals surface area contributed by atoms with Crippen LogP contribution < -0.4 is 9.47 Å². The summed E-state index contributed by atoms with van der Waals surface area (Å²) in [5, 5.41) is 0. The number of hydrogen-bond donors (Lipinski definition) is 0. The van der Waals surface area contributed by atoms with E-state index < -0.39 is 0 Å². The highest BCUT2D eigenvalue weighted by molar-refractivity contribution is 9.10. The van der Waals surface area contributed by atoms with E-state index in [0.717, 1.165) is 35.2 Å². The number of nitrogens with zero attached hydrogens (tertiary/aromatic N) is 1. The molecule has 5 heteroatoms. The molecule has 0 bridgehead atoms. The summed E-state index contributed by atoms with van der Waals surface area (Å²) in [7, 11) is 3.70. The van der Waals surface area contributed by atoms with Gasteiger partial charge in [-0.05, 0) is 25.1 Å². The van der Waals surface area contributed by atoms with Crippen molar-refractivity contribution < 1.29 is 14.3 Å². The van der Waals surface area contributed by atoms with E-state index >= 15 is 0 Å². The Morgan fingerprint density at radius 2 is 2.20 bits per heavy atom. The number of rotatable bonds is 6. The second-order valence-electron chi connectivity index (χ2n) is 5.29. The molecule has 1 aliphatic heterocycles. The lowest BCUT2D eigenvalue weighted by molar-refractivity contribution is -0.108. The molecule has 1 aliphatic rings. The van der Waals surface area contributed by atoms with E-state index in [2.05, 4.69) is 27.9 Å². The van der Waals surface area contributed by atoms with Crippen molar-refractivity contribution in [2.45, 2.75) is 25.4 Å². The molecular weight excluding hydrogens is 322 g/mol. The molecule has 1 aromatic carbocycles. The molecule has 1 saturated heterocycles. The van der Waals surface area contributed by atoms with Crippen LogP contribution in [0, 0.1) is 0 Å². The lowest BCUT2D eigenvalue weighted by Crippen LogP contribution is -2.51. The number of benzene rings is 1. The minimum absolute atomic E-state index is 0.103. The Labute approximate surface area is 128 Å². The first-order chi connectivity index (χ1) is 9.55. The normalized spacial score (nSPS) is 17.4. The zero-order chi connectivity index (χ0) is 14.7. The number of aldehydes is 1. The molecular formula is C15H20BrNO3. The molecule has 0 amide bonds. The van der Waals surface area contributed by atoms with Crippen molar-refractivity contribution >= 4 is 22.2 Å². The zero-order valence-electron chi connectivity index (χ0n) is 12.1. The van der Waals surface area contributed by atoms with Gasteiger partial charge in [-0.3, -0.25) is 4.90 Å². The number of likely N-dealkylation sites (tertiary alicyclic amines) is 1. The van der Waals surface area contributed by atoms with Gasteiger partial charge in [0, 0.05) is 29.5 Å². The predicted molar refractivity (Wildman–Crippen MR) is 81.7 cm³/mol. The van der Waals surface area contributed by atoms with E-state index in [1.807, 2.05) is 19.1 Å². The molecule has 0 N–H and O–H groups in total. The van der Waals surface area contributed by atoms with Crippen LogP contribution in [0.15, 0.2) is 16.6 Å². The van der Waals surface area contributed by atoms with Gasteiger partial charge in [0.25, 0.3) is 0 Å². The van der Waals surface area contributed by atoms with Gasteiger partial charge < -0.3 is 14.3 Å². The molecule has 0 saturated carbocycles. The zero-order valence-corrected chi connectivity index (χ0v) is 13.6. The van der Waals surface area contributed by atoms with Gasteiger partial charge in [0.05, 0.1) is 7.11 Å². The highest BCUT2D eigenvalue weighted by Crippen LogP contribution is 2.40. The molecule has 0 aliphatic carbocycles. The maximum atomic E-state index is 10.8. The van der Waals surface area contributed by atoms with Crippen LogP contribution in [0.4, 0.5) is 0 Å². The highest BCUT2D eigenvalue weighted by Gasteiger charge is 2.28. The number of carbonyl (C=O) groups excluding carboxylic acids is 1. The number of methoxy groups -OCH3 is 1. The smallest absolute Gasteiger partial charge is 0.165 e. The fourth-order valence-electron chi connectivity index (χ4n) is 2.39. The van der Waals surface area contributed by atoms with Crippen LogP contribution in [0.25, 0.3) is 0 Å². The van der Waals surface area contributed by atoms with E-state index in [1.165, 1.54) is 0 Å². The van der Waals surface area contributed by atoms with Crippen LogP contribution in [0.5, 0.6) is 11.5 Å². The van der Waals surface area contributed by atoms with Crippen LogP contribution in [0.3, 0.4) is 0 Å². The van der Waals surface area contributed by atoms with Crippen LogP contribution in [0.1, 0.15) is 24.8 Å². The molecule has 110 valence electrons. The Kier molecular flexibility index (Phi) is 5.05. The number of halogens is 1. The molecule has 1 aromatic rings. The van der Waals surface area contributed by atoms with Gasteiger partial charge in [-0.25, -0.2) is 0 Å². The van der Waals surface area contributed by atoms with Crippen molar-refractivity contribution in [2.75, 3.05) is 27.2 Å². The quantitative estimate of drug-likeness (QED) is 0.746. The van der Waals surface area contributed by atoms with Gasteiger partial charge in [0.15, 0.2) is 11.5 Å². The van der Waals surface area contributed by atoms with Crippen molar-refractivity contribution in [2.24, 2.45) is 0 Å². The van der Waals surface area contributed by atoms with Gasteiger partial charge in [-0.1, -0.05) is 22.9 Å². The Bertz CT molecular complexity index is 486. The number of carbonyl (C=O) groups is 1. The summed E-state index contributed by atoms with van der Waals surface area (Å²) in [6.07, 6.45) is 1.61. The van der Waals surface area contributed by atoms with Crippen LogP contribution >= 0.6 is 15.9 Å². The third-order valence-corrected chi connectivity index (χ3v) is 4.02. The van der Waals surface area contributed by atoms with Crippen molar-refractivity contribution in [1.82, 2.24) is 4.90 Å². The third kappa shape index (κ3) is 3.33. The van der Waals surface area contributed by atoms with E-state index in [4.69, 9.17) is 9.47 Å². The molecule has 0 radical (unpaired) electrons. The summed E-state index contributed by atoms with van der Waals surface area (Å²) in [6, 6.07) is 3.91. The molecule has 0 spiro atoms. The molecule has 0 aromatic heterocycles. The summed E-state index contributed by atoms with van der Waals surface area (Å²) in [5.41, 5.74) is 1.01. The Morgan fingerprint density at radius 1 is 1.50 bits per heavy atom. The van der Waals surface area contributed by atoms with E-state index in [9.17, 15) is 4.79 Å². The maximum Gasteiger partial charge on any atom is 0.165 e. The van der Waals surface area contributed by atoms with Gasteiger partial charge in [0.2, 0.25) is 0 Å². The standard InChI is InChI=1S/C15H20BrNO3/c1-10(4-5-18)13-6-11(16)7-14(19-3)15(13)20-12-8-17(2)9-12/h5-7,10,12H,4,8-9H2,1-3H3. The SMILES string of the molecule is COc1cc(Br)cc(C(C)CC=O)c1OC1CN(C)C1. The molecule has 1 fully saturated rings. The molecule has 2 rings (SSSR count). The van der Waals surface area contributed by atoms with Gasteiger partial charge in [-0.2, -0.15) is 0 Å². The number of hydrogen-bond acceptors (Lipinski definition) is 4. The fraction of sp³-hybridized carbons (Fsp3) is 0.533. The fourth-order valence-corrected chi connectivity index (χ4v) is 2.84. The van der Waals surface area contributed by atoms with E-state index in [0.29, 0.717) is 12.2 Å². The van der Waals surface area contributed by atoms with Crippen molar-refractivity contribution in [3.8, 4) is 11.5 Å². The van der Waals surface area contributed by atoms with E-state index in [-0.39, 0.29) is 12.0 Å². The molecule has 4 nitrogen and oxygen atoms in total. The summed E-state index contributed by atoms with van der Waals surface area (Å²) >= 11 is 3.48. The summed E-state index contributed by atoms with van der Waals surface area (Å²) < 4.78 is 12.5. The molecule has 1 heterocycles. The second kappa shape index (κ2) is 6.59. The Morgan fingerprint density at radius 3 is 2.75 bits per heavy atom. The minimum Gasteiger partial charge on any atom is -0.493 e. The maximum absolute atomic E-state index is 10.8. The Hall–Kier alpha value is -1.07. The number of likely N-dealkylation sites (N-methyl/N-ethyl adjacent to an activating group) is 1. The Balaban J connectivity index is 2.31. The first-order valence-corrected chi connectivity index (χ1v) is 7.50. The topological polar surface area (TPSA) is 38.8 Å². The summed E-state index contributed by atoms with van der Waals surface area (Å²) in [6.45, 7) is 3.86. The first-order valence-electron chi connectivity index (χ1n) is 6.71.